The van der Waals surface area contributed by atoms with Crippen LogP contribution in [0.5, 0.6) is 0 Å². The minimum Gasteiger partial charge on any atom is -0.354 e. The number of rotatable bonds is 5. The Bertz CT molecular complexity index is 846. The Morgan fingerprint density at radius 2 is 1.87 bits per heavy atom. The summed E-state index contributed by atoms with van der Waals surface area (Å²) in [6.45, 7) is 8.81. The maximum absolute atomic E-state index is 12.7. The maximum atomic E-state index is 12.7. The second kappa shape index (κ2) is 10.1. The van der Waals surface area contributed by atoms with Gasteiger partial charge in [-0.2, -0.15) is 0 Å². The SMILES string of the molecule is CN1CCN(c2ncccc2CNC(=O)N2CCN(Cc3ccc(Br)s3)CC2)CC1. The molecule has 2 aliphatic rings. The third-order valence-corrected chi connectivity index (χ3v) is 7.38. The first-order valence-electron chi connectivity index (χ1n) is 10.5. The predicted molar refractivity (Wildman–Crippen MR) is 125 cm³/mol. The van der Waals surface area contributed by atoms with Crippen molar-refractivity contribution in [2.75, 3.05) is 64.3 Å². The molecule has 4 heterocycles. The molecule has 2 saturated heterocycles. The standard InChI is InChI=1S/C21H29BrN6OS/c1-25-7-11-27(12-8-25)20-17(3-2-6-23-20)15-24-21(29)28-13-9-26(10-14-28)16-18-4-5-19(22)30-18/h2-6H,7-16H2,1H3,(H,24,29). The van der Waals surface area contributed by atoms with E-state index < -0.39 is 0 Å². The Morgan fingerprint density at radius 1 is 1.10 bits per heavy atom. The topological polar surface area (TPSA) is 55.0 Å². The lowest BCUT2D eigenvalue weighted by Gasteiger charge is -2.35. The number of hydrogen-bond acceptors (Lipinski definition) is 6. The van der Waals surface area contributed by atoms with E-state index in [1.807, 2.05) is 17.2 Å². The zero-order chi connectivity index (χ0) is 20.9. The van der Waals surface area contributed by atoms with Crippen molar-refractivity contribution >= 4 is 39.1 Å². The summed E-state index contributed by atoms with van der Waals surface area (Å²) in [5, 5.41) is 3.11. The van der Waals surface area contributed by atoms with Crippen LogP contribution >= 0.6 is 27.3 Å². The highest BCUT2D eigenvalue weighted by atomic mass is 79.9. The molecule has 0 aliphatic carbocycles. The third kappa shape index (κ3) is 5.51. The molecule has 2 aromatic rings. The van der Waals surface area contributed by atoms with E-state index in [9.17, 15) is 4.79 Å². The van der Waals surface area contributed by atoms with Crippen molar-refractivity contribution in [3.63, 3.8) is 0 Å². The number of carbonyl (C=O) groups excluding carboxylic acids is 1. The molecule has 2 amide bonds. The lowest BCUT2D eigenvalue weighted by molar-refractivity contribution is 0.135. The van der Waals surface area contributed by atoms with Crippen LogP contribution < -0.4 is 10.2 Å². The molecule has 4 rings (SSSR count). The van der Waals surface area contributed by atoms with Crippen LogP contribution in [0.4, 0.5) is 10.6 Å². The summed E-state index contributed by atoms with van der Waals surface area (Å²) >= 11 is 5.30. The Morgan fingerprint density at radius 3 is 2.57 bits per heavy atom. The second-order valence-corrected chi connectivity index (χ2v) is 10.5. The molecule has 0 aromatic carbocycles. The van der Waals surface area contributed by atoms with Crippen molar-refractivity contribution < 1.29 is 4.79 Å². The van der Waals surface area contributed by atoms with Crippen molar-refractivity contribution in [2.24, 2.45) is 0 Å². The number of anilines is 1. The lowest BCUT2D eigenvalue weighted by Crippen LogP contribution is -2.51. The molecule has 0 bridgehead atoms. The smallest absolute Gasteiger partial charge is 0.317 e. The van der Waals surface area contributed by atoms with Crippen molar-refractivity contribution in [2.45, 2.75) is 13.1 Å². The molecule has 0 saturated carbocycles. The number of aromatic nitrogens is 1. The quantitative estimate of drug-likeness (QED) is 0.695. The van der Waals surface area contributed by atoms with Crippen molar-refractivity contribution in [3.8, 4) is 0 Å². The molecule has 30 heavy (non-hydrogen) atoms. The summed E-state index contributed by atoms with van der Waals surface area (Å²) in [5.41, 5.74) is 1.08. The van der Waals surface area contributed by atoms with Crippen LogP contribution in [0.3, 0.4) is 0 Å². The van der Waals surface area contributed by atoms with Gasteiger partial charge in [-0.3, -0.25) is 4.90 Å². The number of halogens is 1. The van der Waals surface area contributed by atoms with E-state index in [-0.39, 0.29) is 6.03 Å². The molecule has 2 aliphatic heterocycles. The Labute approximate surface area is 190 Å². The zero-order valence-electron chi connectivity index (χ0n) is 17.4. The van der Waals surface area contributed by atoms with Crippen LogP contribution in [0.15, 0.2) is 34.2 Å². The normalized spacial score (nSPS) is 18.6. The van der Waals surface area contributed by atoms with Crippen LogP contribution in [0.2, 0.25) is 0 Å². The highest BCUT2D eigenvalue weighted by molar-refractivity contribution is 9.11. The summed E-state index contributed by atoms with van der Waals surface area (Å²) in [7, 11) is 2.15. The third-order valence-electron chi connectivity index (χ3n) is 5.77. The fourth-order valence-electron chi connectivity index (χ4n) is 3.92. The Kier molecular flexibility index (Phi) is 7.24. The van der Waals surface area contributed by atoms with Gasteiger partial charge in [-0.15, -0.1) is 11.3 Å². The lowest BCUT2D eigenvalue weighted by atomic mass is 10.2. The van der Waals surface area contributed by atoms with Gasteiger partial charge in [0.1, 0.15) is 5.82 Å². The van der Waals surface area contributed by atoms with E-state index in [0.29, 0.717) is 6.54 Å². The molecule has 2 aromatic heterocycles. The van der Waals surface area contributed by atoms with Gasteiger partial charge in [-0.05, 0) is 41.2 Å². The van der Waals surface area contributed by atoms with Crippen LogP contribution in [0, 0.1) is 0 Å². The molecule has 1 N–H and O–H groups in total. The van der Waals surface area contributed by atoms with E-state index in [2.05, 4.69) is 66.2 Å². The molecule has 9 heteroatoms. The number of hydrogen-bond donors (Lipinski definition) is 1. The summed E-state index contributed by atoms with van der Waals surface area (Å²) < 4.78 is 1.17. The molecule has 0 atom stereocenters. The fourth-order valence-corrected chi connectivity index (χ4v) is 5.45. The van der Waals surface area contributed by atoms with Gasteiger partial charge in [0.2, 0.25) is 0 Å². The van der Waals surface area contributed by atoms with Gasteiger partial charge < -0.3 is 20.0 Å². The number of thiophene rings is 1. The van der Waals surface area contributed by atoms with Crippen molar-refractivity contribution in [1.29, 1.82) is 0 Å². The largest absolute Gasteiger partial charge is 0.354 e. The van der Waals surface area contributed by atoms with Gasteiger partial charge in [-0.25, -0.2) is 9.78 Å². The Balaban J connectivity index is 1.26. The summed E-state index contributed by atoms with van der Waals surface area (Å²) in [6.07, 6.45) is 1.84. The molecule has 7 nitrogen and oxygen atoms in total. The monoisotopic (exact) mass is 492 g/mol. The first-order valence-corrected chi connectivity index (χ1v) is 12.1. The first-order chi connectivity index (χ1) is 14.6. The van der Waals surface area contributed by atoms with Crippen LogP contribution in [-0.4, -0.2) is 85.1 Å². The van der Waals surface area contributed by atoms with E-state index in [0.717, 1.165) is 70.3 Å². The van der Waals surface area contributed by atoms with Crippen molar-refractivity contribution in [3.05, 3.63) is 44.7 Å². The van der Waals surface area contributed by atoms with E-state index >= 15 is 0 Å². The van der Waals surface area contributed by atoms with Gasteiger partial charge in [0.25, 0.3) is 0 Å². The Hall–Kier alpha value is -1.68. The van der Waals surface area contributed by atoms with Crippen LogP contribution in [0.25, 0.3) is 0 Å². The number of pyridine rings is 1. The summed E-state index contributed by atoms with van der Waals surface area (Å²) in [5.74, 6) is 0.998. The van der Waals surface area contributed by atoms with Crippen molar-refractivity contribution in [1.82, 2.24) is 25.0 Å². The average molecular weight is 493 g/mol. The number of piperazine rings is 2. The molecule has 162 valence electrons. The van der Waals surface area contributed by atoms with Gasteiger partial charge >= 0.3 is 6.03 Å². The summed E-state index contributed by atoms with van der Waals surface area (Å²) in [6, 6.07) is 8.29. The minimum absolute atomic E-state index is 0.0155. The second-order valence-electron chi connectivity index (χ2n) is 7.90. The van der Waals surface area contributed by atoms with Crippen LogP contribution in [-0.2, 0) is 13.1 Å². The highest BCUT2D eigenvalue weighted by Crippen LogP contribution is 2.24. The van der Waals surface area contributed by atoms with Crippen LogP contribution in [0.1, 0.15) is 10.4 Å². The fraction of sp³-hybridized carbons (Fsp3) is 0.524. The van der Waals surface area contributed by atoms with E-state index in [4.69, 9.17) is 0 Å². The van der Waals surface area contributed by atoms with Gasteiger partial charge in [0, 0.05) is 82.1 Å². The van der Waals surface area contributed by atoms with Gasteiger partial charge in [0.05, 0.1) is 3.79 Å². The molecule has 2 fully saturated rings. The van der Waals surface area contributed by atoms with Gasteiger partial charge in [0.15, 0.2) is 0 Å². The highest BCUT2D eigenvalue weighted by Gasteiger charge is 2.22. The summed E-state index contributed by atoms with van der Waals surface area (Å²) in [4.78, 5) is 27.7. The number of amides is 2. The molecule has 0 spiro atoms. The first kappa shape index (κ1) is 21.5. The molecule has 0 unspecified atom stereocenters. The maximum Gasteiger partial charge on any atom is 0.317 e. The molecular formula is C21H29BrN6OS. The number of likely N-dealkylation sites (N-methyl/N-ethyl adjacent to an activating group) is 1. The molecule has 0 radical (unpaired) electrons. The number of nitrogens with one attached hydrogen (secondary N) is 1. The predicted octanol–water partition coefficient (Wildman–Crippen LogP) is 2.68. The minimum atomic E-state index is 0.0155. The molecular weight excluding hydrogens is 464 g/mol. The number of urea groups is 1. The average Bonchev–Trinajstić information content (AvgIpc) is 3.18. The number of carbonyl (C=O) groups is 1. The van der Waals surface area contributed by atoms with Gasteiger partial charge in [-0.1, -0.05) is 6.07 Å². The number of nitrogens with zero attached hydrogens (tertiary/aromatic N) is 5. The zero-order valence-corrected chi connectivity index (χ0v) is 19.8. The van der Waals surface area contributed by atoms with E-state index in [1.165, 1.54) is 8.66 Å². The van der Waals surface area contributed by atoms with E-state index in [1.54, 1.807) is 11.3 Å².